The van der Waals surface area contributed by atoms with Gasteiger partial charge in [0, 0.05) is 22.2 Å². The van der Waals surface area contributed by atoms with Crippen molar-refractivity contribution in [1.82, 2.24) is 5.32 Å². The van der Waals surface area contributed by atoms with Crippen LogP contribution in [0.1, 0.15) is 26.3 Å². The molecule has 0 saturated heterocycles. The summed E-state index contributed by atoms with van der Waals surface area (Å²) >= 11 is 5.75. The van der Waals surface area contributed by atoms with E-state index < -0.39 is 4.92 Å². The first-order valence-electron chi connectivity index (χ1n) is 5.47. The Balaban J connectivity index is 2.74. The van der Waals surface area contributed by atoms with Crippen LogP contribution < -0.4 is 5.32 Å². The largest absolute Gasteiger partial charge is 0.312 e. The zero-order valence-electron chi connectivity index (χ0n) is 10.3. The van der Waals surface area contributed by atoms with Crippen molar-refractivity contribution in [3.8, 4) is 0 Å². The van der Waals surface area contributed by atoms with E-state index in [9.17, 15) is 10.1 Å². The average molecular weight is 257 g/mol. The Hall–Kier alpha value is -1.13. The van der Waals surface area contributed by atoms with Crippen molar-refractivity contribution in [2.24, 2.45) is 0 Å². The summed E-state index contributed by atoms with van der Waals surface area (Å²) in [6.45, 7) is 6.88. The van der Waals surface area contributed by atoms with Gasteiger partial charge in [0.25, 0.3) is 5.69 Å². The molecule has 94 valence electrons. The fourth-order valence-electron chi connectivity index (χ4n) is 1.49. The molecular formula is C12H17ClN2O2. The Morgan fingerprint density at radius 3 is 2.59 bits per heavy atom. The monoisotopic (exact) mass is 256 g/mol. The summed E-state index contributed by atoms with van der Waals surface area (Å²) in [7, 11) is 0. The van der Waals surface area contributed by atoms with Crippen LogP contribution in [-0.4, -0.2) is 17.0 Å². The highest BCUT2D eigenvalue weighted by Crippen LogP contribution is 2.23. The van der Waals surface area contributed by atoms with Gasteiger partial charge in [0.15, 0.2) is 0 Å². The molecule has 0 atom stereocenters. The zero-order chi connectivity index (χ0) is 13.1. The van der Waals surface area contributed by atoms with Gasteiger partial charge >= 0.3 is 0 Å². The van der Waals surface area contributed by atoms with Crippen LogP contribution in [0.4, 0.5) is 5.69 Å². The van der Waals surface area contributed by atoms with Gasteiger partial charge in [0.2, 0.25) is 0 Å². The highest BCUT2D eigenvalue weighted by Gasteiger charge is 2.15. The third-order valence-corrected chi connectivity index (χ3v) is 2.53. The van der Waals surface area contributed by atoms with Crippen molar-refractivity contribution in [3.63, 3.8) is 0 Å². The summed E-state index contributed by atoms with van der Waals surface area (Å²) in [5.41, 5.74) is 0.811. The van der Waals surface area contributed by atoms with Gasteiger partial charge in [0.05, 0.1) is 4.92 Å². The van der Waals surface area contributed by atoms with Crippen LogP contribution in [0.2, 0.25) is 5.02 Å². The molecule has 0 spiro atoms. The molecule has 1 N–H and O–H groups in total. The summed E-state index contributed by atoms with van der Waals surface area (Å²) in [6.07, 6.45) is 0.616. The van der Waals surface area contributed by atoms with E-state index in [2.05, 4.69) is 26.1 Å². The minimum atomic E-state index is -0.391. The Bertz CT molecular complexity index is 413. The molecule has 0 heterocycles. The normalized spacial score (nSPS) is 11.5. The highest BCUT2D eigenvalue weighted by molar-refractivity contribution is 6.30. The van der Waals surface area contributed by atoms with E-state index in [1.807, 2.05) is 0 Å². The van der Waals surface area contributed by atoms with Crippen LogP contribution in [-0.2, 0) is 6.42 Å². The lowest BCUT2D eigenvalue weighted by atomic mass is 10.1. The lowest BCUT2D eigenvalue weighted by Gasteiger charge is -2.20. The molecule has 0 fully saturated rings. The molecule has 0 radical (unpaired) electrons. The summed E-state index contributed by atoms with van der Waals surface area (Å²) in [5.74, 6) is 0. The third-order valence-electron chi connectivity index (χ3n) is 2.29. The molecule has 1 aromatic rings. The molecule has 0 aliphatic heterocycles. The number of halogens is 1. The van der Waals surface area contributed by atoms with Crippen molar-refractivity contribution in [2.45, 2.75) is 32.7 Å². The Morgan fingerprint density at radius 1 is 1.41 bits per heavy atom. The second-order valence-corrected chi connectivity index (χ2v) is 5.39. The van der Waals surface area contributed by atoms with E-state index in [1.165, 1.54) is 6.07 Å². The maximum absolute atomic E-state index is 10.9. The van der Waals surface area contributed by atoms with Crippen LogP contribution in [0.15, 0.2) is 18.2 Å². The Labute approximate surface area is 106 Å². The second kappa shape index (κ2) is 5.47. The quantitative estimate of drug-likeness (QED) is 0.665. The first kappa shape index (κ1) is 13.9. The molecule has 0 unspecified atom stereocenters. The second-order valence-electron chi connectivity index (χ2n) is 4.96. The molecule has 0 aliphatic carbocycles. The van der Waals surface area contributed by atoms with E-state index >= 15 is 0 Å². The summed E-state index contributed by atoms with van der Waals surface area (Å²) in [4.78, 5) is 10.5. The van der Waals surface area contributed by atoms with E-state index in [4.69, 9.17) is 11.6 Å². The standard InChI is InChI=1S/C12H17ClN2O2/c1-12(2,3)14-7-6-9-4-5-10(13)8-11(9)15(16)17/h4-5,8,14H,6-7H2,1-3H3. The molecule has 0 aromatic heterocycles. The van der Waals surface area contributed by atoms with Gasteiger partial charge in [-0.3, -0.25) is 10.1 Å². The molecule has 0 saturated carbocycles. The van der Waals surface area contributed by atoms with Crippen molar-refractivity contribution < 1.29 is 4.92 Å². The van der Waals surface area contributed by atoms with Crippen LogP contribution >= 0.6 is 11.6 Å². The summed E-state index contributed by atoms with van der Waals surface area (Å²) < 4.78 is 0. The van der Waals surface area contributed by atoms with Crippen molar-refractivity contribution in [3.05, 3.63) is 38.9 Å². The number of rotatable bonds is 4. The highest BCUT2D eigenvalue weighted by atomic mass is 35.5. The maximum Gasteiger partial charge on any atom is 0.274 e. The van der Waals surface area contributed by atoms with Crippen LogP contribution in [0.5, 0.6) is 0 Å². The fourth-order valence-corrected chi connectivity index (χ4v) is 1.66. The average Bonchev–Trinajstić information content (AvgIpc) is 2.18. The molecule has 17 heavy (non-hydrogen) atoms. The number of nitro groups is 1. The number of nitrogens with one attached hydrogen (secondary N) is 1. The fraction of sp³-hybridized carbons (Fsp3) is 0.500. The van der Waals surface area contributed by atoms with Gasteiger partial charge in [-0.05, 0) is 39.8 Å². The first-order chi connectivity index (χ1) is 7.79. The predicted octanol–water partition coefficient (Wildman–Crippen LogP) is 3.18. The molecule has 0 amide bonds. The molecule has 0 aliphatic rings. The van der Waals surface area contributed by atoms with Crippen LogP contribution in [0.3, 0.4) is 0 Å². The van der Waals surface area contributed by atoms with E-state index in [0.29, 0.717) is 23.6 Å². The maximum atomic E-state index is 10.9. The minimum absolute atomic E-state index is 0.0151. The molecule has 1 aromatic carbocycles. The third kappa shape index (κ3) is 4.71. The first-order valence-corrected chi connectivity index (χ1v) is 5.85. The predicted molar refractivity (Wildman–Crippen MR) is 69.6 cm³/mol. The topological polar surface area (TPSA) is 55.2 Å². The van der Waals surface area contributed by atoms with Crippen molar-refractivity contribution in [2.75, 3.05) is 6.54 Å². The number of benzene rings is 1. The van der Waals surface area contributed by atoms with Gasteiger partial charge in [0.1, 0.15) is 0 Å². The van der Waals surface area contributed by atoms with E-state index in [-0.39, 0.29) is 11.2 Å². The minimum Gasteiger partial charge on any atom is -0.312 e. The molecular weight excluding hydrogens is 240 g/mol. The molecule has 0 bridgehead atoms. The van der Waals surface area contributed by atoms with E-state index in [1.54, 1.807) is 12.1 Å². The number of hydrogen-bond acceptors (Lipinski definition) is 3. The Kier molecular flexibility index (Phi) is 4.48. The lowest BCUT2D eigenvalue weighted by molar-refractivity contribution is -0.385. The van der Waals surface area contributed by atoms with Gasteiger partial charge in [-0.2, -0.15) is 0 Å². The van der Waals surface area contributed by atoms with Crippen LogP contribution in [0.25, 0.3) is 0 Å². The van der Waals surface area contributed by atoms with Gasteiger partial charge in [-0.25, -0.2) is 0 Å². The lowest BCUT2D eigenvalue weighted by Crippen LogP contribution is -2.37. The molecule has 4 nitrogen and oxygen atoms in total. The smallest absolute Gasteiger partial charge is 0.274 e. The summed E-state index contributed by atoms with van der Waals surface area (Å²) in [6, 6.07) is 4.79. The summed E-state index contributed by atoms with van der Waals surface area (Å²) in [5, 5.41) is 14.5. The van der Waals surface area contributed by atoms with Crippen LogP contribution in [0, 0.1) is 10.1 Å². The Morgan fingerprint density at radius 2 is 2.06 bits per heavy atom. The van der Waals surface area contributed by atoms with E-state index in [0.717, 1.165) is 0 Å². The van der Waals surface area contributed by atoms with Crippen molar-refractivity contribution >= 4 is 17.3 Å². The van der Waals surface area contributed by atoms with Gasteiger partial charge in [-0.15, -0.1) is 0 Å². The van der Waals surface area contributed by atoms with Gasteiger partial charge < -0.3 is 5.32 Å². The molecule has 1 rings (SSSR count). The van der Waals surface area contributed by atoms with Gasteiger partial charge in [-0.1, -0.05) is 17.7 Å². The zero-order valence-corrected chi connectivity index (χ0v) is 11.0. The number of nitrogens with zero attached hydrogens (tertiary/aromatic N) is 1. The number of nitro benzene ring substituents is 1. The number of hydrogen-bond donors (Lipinski definition) is 1. The van der Waals surface area contributed by atoms with Crippen molar-refractivity contribution in [1.29, 1.82) is 0 Å². The molecule has 5 heteroatoms. The SMILES string of the molecule is CC(C)(C)NCCc1ccc(Cl)cc1[N+](=O)[O-].